The van der Waals surface area contributed by atoms with Gasteiger partial charge >= 0.3 is 0 Å². The van der Waals surface area contributed by atoms with Crippen molar-refractivity contribution in [2.45, 2.75) is 36.9 Å². The van der Waals surface area contributed by atoms with E-state index in [9.17, 15) is 0 Å². The van der Waals surface area contributed by atoms with Crippen molar-refractivity contribution in [2.75, 3.05) is 0 Å². The molecule has 1 nitrogen and oxygen atoms in total. The summed E-state index contributed by atoms with van der Waals surface area (Å²) in [7, 11) is 0. The van der Waals surface area contributed by atoms with Crippen LogP contribution in [0.1, 0.15) is 47.9 Å². The zero-order chi connectivity index (χ0) is 21.2. The van der Waals surface area contributed by atoms with E-state index < -0.39 is 0 Å². The summed E-state index contributed by atoms with van der Waals surface area (Å²) in [6.45, 7) is 0. The highest BCUT2D eigenvalue weighted by Crippen LogP contribution is 3.03. The molecule has 33 heavy (non-hydrogen) atoms. The van der Waals surface area contributed by atoms with Crippen molar-refractivity contribution < 1.29 is 4.74 Å². The molecule has 6 saturated carbocycles. The summed E-state index contributed by atoms with van der Waals surface area (Å²) in [5.74, 6) is 5.27. The van der Waals surface area contributed by atoms with E-state index in [4.69, 9.17) is 4.74 Å². The van der Waals surface area contributed by atoms with Gasteiger partial charge in [-0.15, -0.1) is 0 Å². The summed E-state index contributed by atoms with van der Waals surface area (Å²) < 4.78 is 7.98. The van der Waals surface area contributed by atoms with Crippen molar-refractivity contribution in [3.8, 4) is 0 Å². The summed E-state index contributed by atoms with van der Waals surface area (Å²) in [6, 6.07) is 32.4. The lowest BCUT2D eigenvalue weighted by molar-refractivity contribution is -0.108. The molecular weight excluding hydrogens is 400 g/mol. The van der Waals surface area contributed by atoms with E-state index in [2.05, 4.69) is 84.9 Å². The molecule has 8 aliphatic rings. The van der Waals surface area contributed by atoms with Crippen LogP contribution in [0.15, 0.2) is 84.9 Å². The maximum Gasteiger partial charge on any atom is 0.127 e. The average molecular weight is 429 g/mol. The predicted octanol–water partition coefficient (Wildman–Crippen LogP) is 6.52. The minimum atomic E-state index is -0.298. The number of benzene rings is 3. The fourth-order valence-electron chi connectivity index (χ4n) is 13.0. The molecule has 1 heteroatoms. The van der Waals surface area contributed by atoms with Gasteiger partial charge in [-0.05, 0) is 83.4 Å². The zero-order valence-corrected chi connectivity index (χ0v) is 18.8. The summed E-state index contributed by atoms with van der Waals surface area (Å²) >= 11 is 0. The number of hydrogen-bond acceptors (Lipinski definition) is 1. The van der Waals surface area contributed by atoms with Crippen molar-refractivity contribution in [3.63, 3.8) is 0 Å². The van der Waals surface area contributed by atoms with Crippen LogP contribution in [0, 0.1) is 46.3 Å². The molecule has 2 heterocycles. The van der Waals surface area contributed by atoms with E-state index in [-0.39, 0.29) is 22.0 Å². The third-order valence-corrected chi connectivity index (χ3v) is 12.4. The van der Waals surface area contributed by atoms with E-state index in [1.54, 1.807) is 0 Å². The molecule has 2 spiro atoms. The van der Waals surface area contributed by atoms with Crippen LogP contribution in [0.25, 0.3) is 0 Å². The van der Waals surface area contributed by atoms with Crippen molar-refractivity contribution >= 4 is 0 Å². The molecule has 0 amide bonds. The Hall–Kier alpha value is -2.38. The standard InChI is InChI=1S/C32H28O/c1-3-9-19(10-4-1)31-21-13-7-8-14-22(21)32(33-31,20-11-5-2-6-12-20)30-25-17-15-23-27(25)28-24(29(23,30)31)16-18-26(28)30/h1-14,23-28H,15-18H2/t23?,24?,25?,26?,27?,28?,29?,30?,31-,32-/m0/s1. The summed E-state index contributed by atoms with van der Waals surface area (Å²) in [6.07, 6.45) is 5.73. The second kappa shape index (κ2) is 4.86. The molecule has 1 saturated heterocycles. The summed E-state index contributed by atoms with van der Waals surface area (Å²) in [5, 5.41) is 0. The van der Waals surface area contributed by atoms with Crippen LogP contribution in [0.2, 0.25) is 0 Å². The third-order valence-electron chi connectivity index (χ3n) is 12.4. The maximum absolute atomic E-state index is 7.98. The SMILES string of the molecule is c1ccc([C@]23O[C@@](c4ccccc4)(c4ccccc42)C24C5CCC6C5C5C(CCC52)C643)cc1. The molecule has 162 valence electrons. The minimum Gasteiger partial charge on any atom is -0.348 e. The topological polar surface area (TPSA) is 9.23 Å². The quantitative estimate of drug-likeness (QED) is 0.452. The smallest absolute Gasteiger partial charge is 0.127 e. The van der Waals surface area contributed by atoms with E-state index in [1.165, 1.54) is 47.9 Å². The normalized spacial score (nSPS) is 52.1. The molecule has 10 bridgehead atoms. The van der Waals surface area contributed by atoms with Gasteiger partial charge in [-0.3, -0.25) is 0 Å². The number of ether oxygens (including phenoxy) is 1. The maximum atomic E-state index is 7.98. The first-order chi connectivity index (χ1) is 16.3. The molecule has 6 aliphatic carbocycles. The molecule has 0 radical (unpaired) electrons. The fraction of sp³-hybridized carbons (Fsp3) is 0.438. The zero-order valence-electron chi connectivity index (χ0n) is 18.8. The Bertz CT molecular complexity index is 1230. The van der Waals surface area contributed by atoms with Crippen LogP contribution in [0.4, 0.5) is 0 Å². The molecule has 4 unspecified atom stereocenters. The number of rotatable bonds is 2. The lowest BCUT2D eigenvalue weighted by Crippen LogP contribution is -2.63. The van der Waals surface area contributed by atoms with Crippen LogP contribution in [0.5, 0.6) is 0 Å². The van der Waals surface area contributed by atoms with E-state index in [1.807, 2.05) is 0 Å². The van der Waals surface area contributed by atoms with Crippen molar-refractivity contribution in [2.24, 2.45) is 46.3 Å². The molecular formula is C32H28O. The van der Waals surface area contributed by atoms with E-state index >= 15 is 0 Å². The predicted molar refractivity (Wildman–Crippen MR) is 126 cm³/mol. The van der Waals surface area contributed by atoms with Gasteiger partial charge in [0.25, 0.3) is 0 Å². The Balaban J connectivity index is 1.45. The van der Waals surface area contributed by atoms with Gasteiger partial charge in [-0.25, -0.2) is 0 Å². The van der Waals surface area contributed by atoms with Gasteiger partial charge in [-0.1, -0.05) is 84.9 Å². The van der Waals surface area contributed by atoms with Gasteiger partial charge in [0, 0.05) is 10.8 Å². The van der Waals surface area contributed by atoms with E-state index in [0.29, 0.717) is 0 Å². The van der Waals surface area contributed by atoms with Crippen LogP contribution in [-0.4, -0.2) is 0 Å². The number of hydrogen-bond donors (Lipinski definition) is 0. The number of fused-ring (bicyclic) bond motifs is 5. The highest BCUT2D eigenvalue weighted by molar-refractivity contribution is 5.66. The van der Waals surface area contributed by atoms with Crippen LogP contribution < -0.4 is 0 Å². The van der Waals surface area contributed by atoms with Gasteiger partial charge in [0.2, 0.25) is 0 Å². The molecule has 6 atom stereocenters. The van der Waals surface area contributed by atoms with Crippen LogP contribution in [0.3, 0.4) is 0 Å². The van der Waals surface area contributed by atoms with Gasteiger partial charge in [0.15, 0.2) is 0 Å². The first kappa shape index (κ1) is 17.1. The molecule has 3 aromatic rings. The average Bonchev–Trinajstić information content (AvgIpc) is 3.72. The Labute approximate surface area is 195 Å². The summed E-state index contributed by atoms with van der Waals surface area (Å²) in [5.41, 5.74) is 5.79. The fourth-order valence-corrected chi connectivity index (χ4v) is 13.0. The molecule has 7 fully saturated rings. The lowest BCUT2D eigenvalue weighted by atomic mass is 9.37. The molecule has 0 N–H and O–H groups in total. The van der Waals surface area contributed by atoms with Crippen molar-refractivity contribution in [3.05, 3.63) is 107 Å². The van der Waals surface area contributed by atoms with E-state index in [0.717, 1.165) is 35.5 Å². The largest absolute Gasteiger partial charge is 0.348 e. The Kier molecular flexibility index (Phi) is 2.52. The van der Waals surface area contributed by atoms with Crippen molar-refractivity contribution in [1.82, 2.24) is 0 Å². The Morgan fingerprint density at radius 3 is 1.24 bits per heavy atom. The monoisotopic (exact) mass is 428 g/mol. The van der Waals surface area contributed by atoms with Gasteiger partial charge in [0.1, 0.15) is 11.2 Å². The minimum absolute atomic E-state index is 0.271. The molecule has 0 aromatic heterocycles. The Morgan fingerprint density at radius 2 is 0.848 bits per heavy atom. The third kappa shape index (κ3) is 1.23. The Morgan fingerprint density at radius 1 is 0.485 bits per heavy atom. The second-order valence-electron chi connectivity index (χ2n) is 12.2. The lowest BCUT2D eigenvalue weighted by Gasteiger charge is -2.62. The highest BCUT2D eigenvalue weighted by Gasteiger charge is 3.03. The van der Waals surface area contributed by atoms with Crippen LogP contribution in [-0.2, 0) is 15.9 Å². The van der Waals surface area contributed by atoms with Gasteiger partial charge < -0.3 is 4.74 Å². The first-order valence-corrected chi connectivity index (χ1v) is 13.3. The second-order valence-corrected chi connectivity index (χ2v) is 12.2. The molecule has 11 rings (SSSR count). The first-order valence-electron chi connectivity index (χ1n) is 13.3. The van der Waals surface area contributed by atoms with Gasteiger partial charge in [0.05, 0.1) is 0 Å². The van der Waals surface area contributed by atoms with Crippen molar-refractivity contribution in [1.29, 1.82) is 0 Å². The highest BCUT2D eigenvalue weighted by atomic mass is 16.5. The summed E-state index contributed by atoms with van der Waals surface area (Å²) in [4.78, 5) is 0. The van der Waals surface area contributed by atoms with Gasteiger partial charge in [-0.2, -0.15) is 0 Å². The molecule has 2 aliphatic heterocycles. The van der Waals surface area contributed by atoms with Crippen LogP contribution >= 0.6 is 0 Å². The molecule has 3 aromatic carbocycles.